The predicted octanol–water partition coefficient (Wildman–Crippen LogP) is 5.51. The monoisotopic (exact) mass is 417 g/mol. The summed E-state index contributed by atoms with van der Waals surface area (Å²) >= 11 is 0. The van der Waals surface area contributed by atoms with Crippen LogP contribution in [0.25, 0.3) is 11.8 Å². The largest absolute Gasteiger partial charge is 0.507 e. The van der Waals surface area contributed by atoms with Gasteiger partial charge >= 0.3 is 0 Å². The molecule has 2 aliphatic rings. The number of nitrogens with one attached hydrogen (secondary N) is 2. The van der Waals surface area contributed by atoms with Crippen LogP contribution in [0.2, 0.25) is 0 Å². The molecule has 2 aromatic rings. The highest BCUT2D eigenvalue weighted by Gasteiger charge is 2.35. The molecule has 2 heterocycles. The van der Waals surface area contributed by atoms with E-state index in [0.717, 1.165) is 52.6 Å². The highest BCUT2D eigenvalue weighted by Crippen LogP contribution is 2.43. The molecule has 1 unspecified atom stereocenters. The van der Waals surface area contributed by atoms with Crippen LogP contribution in [-0.2, 0) is 0 Å². The van der Waals surface area contributed by atoms with E-state index < -0.39 is 0 Å². The van der Waals surface area contributed by atoms with E-state index in [0.29, 0.717) is 6.04 Å². The van der Waals surface area contributed by atoms with Gasteiger partial charge in [0.25, 0.3) is 0 Å². The summed E-state index contributed by atoms with van der Waals surface area (Å²) in [5.74, 6) is 1.87. The van der Waals surface area contributed by atoms with Gasteiger partial charge in [-0.2, -0.15) is 0 Å². The summed E-state index contributed by atoms with van der Waals surface area (Å²) in [6.45, 7) is 12.6. The molecule has 1 atom stereocenters. The van der Waals surface area contributed by atoms with Gasteiger partial charge in [-0.25, -0.2) is 9.97 Å². The molecule has 0 amide bonds. The number of allylic oxidation sites excluding steroid dienone is 1. The zero-order valence-corrected chi connectivity index (χ0v) is 18.7. The fraction of sp³-hybridized carbons (Fsp3) is 0.360. The molecule has 1 aliphatic heterocycles. The van der Waals surface area contributed by atoms with E-state index in [-0.39, 0.29) is 11.8 Å². The first-order chi connectivity index (χ1) is 14.9. The number of aromatic hydroxyl groups is 1. The van der Waals surface area contributed by atoms with Crippen LogP contribution in [0.3, 0.4) is 0 Å². The number of aromatic nitrogens is 2. The predicted molar refractivity (Wildman–Crippen MR) is 128 cm³/mol. The Morgan fingerprint density at radius 2 is 2.00 bits per heavy atom. The lowest BCUT2D eigenvalue weighted by molar-refractivity contribution is 0.229. The van der Waals surface area contributed by atoms with Crippen molar-refractivity contribution in [2.45, 2.75) is 59.0 Å². The summed E-state index contributed by atoms with van der Waals surface area (Å²) in [5, 5.41) is 17.3. The van der Waals surface area contributed by atoms with Gasteiger partial charge in [0, 0.05) is 34.8 Å². The van der Waals surface area contributed by atoms with E-state index in [1.807, 2.05) is 39.1 Å². The summed E-state index contributed by atoms with van der Waals surface area (Å²) in [4.78, 5) is 11.2. The van der Waals surface area contributed by atoms with Crippen LogP contribution in [0.1, 0.15) is 56.7 Å². The molecule has 3 N–H and O–H groups in total. The van der Waals surface area contributed by atoms with Gasteiger partial charge in [0.15, 0.2) is 0 Å². The van der Waals surface area contributed by atoms with Crippen LogP contribution in [0, 0.1) is 6.92 Å². The minimum atomic E-state index is -0.00208. The lowest BCUT2D eigenvalue weighted by Gasteiger charge is -2.45. The Labute approximate surface area is 184 Å². The van der Waals surface area contributed by atoms with Crippen molar-refractivity contribution in [1.29, 1.82) is 0 Å². The Kier molecular flexibility index (Phi) is 5.72. The maximum Gasteiger partial charge on any atom is 0.138 e. The topological polar surface area (TPSA) is 73.3 Å². The van der Waals surface area contributed by atoms with Gasteiger partial charge in [0.05, 0.1) is 6.04 Å². The lowest BCUT2D eigenvalue weighted by Crippen LogP contribution is -2.43. The molecule has 1 fully saturated rings. The van der Waals surface area contributed by atoms with Gasteiger partial charge in [-0.15, -0.1) is 0 Å². The van der Waals surface area contributed by atoms with Crippen LogP contribution in [0.4, 0.5) is 11.6 Å². The molecule has 1 aromatic heterocycles. The molecule has 162 valence electrons. The highest BCUT2D eigenvalue weighted by molar-refractivity contribution is 5.82. The van der Waals surface area contributed by atoms with Crippen LogP contribution >= 0.6 is 0 Å². The number of benzene rings is 1. The maximum absolute atomic E-state index is 10.5. The van der Waals surface area contributed by atoms with E-state index in [4.69, 9.17) is 0 Å². The van der Waals surface area contributed by atoms with Gasteiger partial charge < -0.3 is 20.6 Å². The van der Waals surface area contributed by atoms with Crippen molar-refractivity contribution in [3.8, 4) is 5.75 Å². The van der Waals surface area contributed by atoms with Gasteiger partial charge in [0.1, 0.15) is 23.7 Å². The summed E-state index contributed by atoms with van der Waals surface area (Å²) < 4.78 is 0. The minimum Gasteiger partial charge on any atom is -0.507 e. The van der Waals surface area contributed by atoms with Crippen LogP contribution < -0.4 is 10.6 Å². The number of rotatable bonds is 6. The number of fused-ring (bicyclic) bond motifs is 1. The second kappa shape index (κ2) is 8.46. The van der Waals surface area contributed by atoms with Crippen molar-refractivity contribution in [1.82, 2.24) is 14.9 Å². The van der Waals surface area contributed by atoms with Gasteiger partial charge in [-0.3, -0.25) is 0 Å². The fourth-order valence-electron chi connectivity index (χ4n) is 4.14. The van der Waals surface area contributed by atoms with E-state index in [1.165, 1.54) is 12.0 Å². The molecule has 0 bridgehead atoms. The number of nitrogens with zero attached hydrogens (tertiary/aromatic N) is 3. The third-order valence-corrected chi connectivity index (χ3v) is 6.05. The van der Waals surface area contributed by atoms with Crippen molar-refractivity contribution in [2.24, 2.45) is 0 Å². The van der Waals surface area contributed by atoms with E-state index in [2.05, 4.69) is 45.1 Å². The van der Waals surface area contributed by atoms with Gasteiger partial charge in [-0.1, -0.05) is 24.3 Å². The van der Waals surface area contributed by atoms with Crippen molar-refractivity contribution < 1.29 is 5.11 Å². The number of hydrogen-bond donors (Lipinski definition) is 3. The molecule has 6 nitrogen and oxygen atoms in total. The average Bonchev–Trinajstić information content (AvgIpc) is 2.69. The lowest BCUT2D eigenvalue weighted by atomic mass is 9.86. The first kappa shape index (κ1) is 21.0. The molecular weight excluding hydrogens is 386 g/mol. The molecule has 6 heteroatoms. The highest BCUT2D eigenvalue weighted by atomic mass is 16.3. The van der Waals surface area contributed by atoms with Crippen molar-refractivity contribution in [3.05, 3.63) is 65.3 Å². The average molecular weight is 418 g/mol. The normalized spacial score (nSPS) is 16.7. The first-order valence-electron chi connectivity index (χ1n) is 10.9. The number of phenolic OH excluding ortho intramolecular Hbond substituents is 1. The van der Waals surface area contributed by atoms with E-state index in [1.54, 1.807) is 12.4 Å². The second-order valence-corrected chi connectivity index (χ2v) is 8.64. The zero-order valence-electron chi connectivity index (χ0n) is 18.7. The van der Waals surface area contributed by atoms with Crippen molar-refractivity contribution in [2.75, 3.05) is 10.6 Å². The van der Waals surface area contributed by atoms with E-state index >= 15 is 0 Å². The number of phenols is 1. The van der Waals surface area contributed by atoms with Crippen molar-refractivity contribution >= 4 is 23.4 Å². The van der Waals surface area contributed by atoms with Crippen molar-refractivity contribution in [3.63, 3.8) is 0 Å². The number of anilines is 2. The Bertz CT molecular complexity index is 1060. The quantitative estimate of drug-likeness (QED) is 0.576. The van der Waals surface area contributed by atoms with Crippen LogP contribution in [0.5, 0.6) is 5.75 Å². The Balaban J connectivity index is 1.67. The summed E-state index contributed by atoms with van der Waals surface area (Å²) in [6.07, 6.45) is 9.18. The maximum atomic E-state index is 10.5. The molecule has 1 saturated carbocycles. The summed E-state index contributed by atoms with van der Waals surface area (Å²) in [5.41, 5.74) is 5.98. The molecular formula is C25H31N5O. The summed E-state index contributed by atoms with van der Waals surface area (Å²) in [6, 6.07) is 6.05. The van der Waals surface area contributed by atoms with Gasteiger partial charge in [-0.05, 0) is 64.7 Å². The van der Waals surface area contributed by atoms with Gasteiger partial charge in [0.2, 0.25) is 0 Å². The van der Waals surface area contributed by atoms with Crippen LogP contribution in [-0.4, -0.2) is 32.1 Å². The standard InChI is InChI=1S/C25H31N5O/c1-15(2)13-26-24-16(3)25(28-14-27-24)29-17(4)21-12-19-8-6-11-22(31)23(19)18(5)30(21)20-9-7-10-20/h6,8,11-14,17,20,31H,5,7,9-10H2,1-4H3,(H2,26,27,28,29). The third kappa shape index (κ3) is 4.02. The molecule has 1 aromatic carbocycles. The smallest absolute Gasteiger partial charge is 0.138 e. The second-order valence-electron chi connectivity index (χ2n) is 8.64. The summed E-state index contributed by atoms with van der Waals surface area (Å²) in [7, 11) is 0. The zero-order chi connectivity index (χ0) is 22.1. The third-order valence-electron chi connectivity index (χ3n) is 6.05. The molecule has 31 heavy (non-hydrogen) atoms. The molecule has 0 spiro atoms. The fourth-order valence-corrected chi connectivity index (χ4v) is 4.14. The van der Waals surface area contributed by atoms with E-state index in [9.17, 15) is 5.11 Å². The first-order valence-corrected chi connectivity index (χ1v) is 10.9. The molecule has 0 saturated heterocycles. The number of hydrogen-bond acceptors (Lipinski definition) is 6. The molecule has 1 aliphatic carbocycles. The Morgan fingerprint density at radius 3 is 2.68 bits per heavy atom. The SMILES string of the molecule is C=C1c2c(O)cccc2C=C(C(C)Nc2ncnc(NC=C(C)C)c2C)N1C1CCC1. The van der Waals surface area contributed by atoms with Crippen LogP contribution in [0.15, 0.2) is 48.6 Å². The molecule has 4 rings (SSSR count). The molecule has 0 radical (unpaired) electrons. The Morgan fingerprint density at radius 1 is 1.26 bits per heavy atom. The Hall–Kier alpha value is -3.28. The minimum absolute atomic E-state index is 0.00208.